The van der Waals surface area contributed by atoms with Crippen molar-refractivity contribution in [2.75, 3.05) is 13.1 Å². The van der Waals surface area contributed by atoms with E-state index in [1.807, 2.05) is 0 Å². The Morgan fingerprint density at radius 2 is 1.93 bits per heavy atom. The Morgan fingerprint density at radius 3 is 2.43 bits per heavy atom. The normalized spacial score (nSPS) is 37.9. The van der Waals surface area contributed by atoms with Gasteiger partial charge in [-0.2, -0.15) is 0 Å². The molecular weight excluding hydrogens is 174 g/mol. The summed E-state index contributed by atoms with van der Waals surface area (Å²) < 4.78 is 6.21. The number of rotatable bonds is 2. The fraction of sp³-hybridized carbons (Fsp3) is 1.00. The number of morpholine rings is 1. The van der Waals surface area contributed by atoms with E-state index in [2.05, 4.69) is 26.1 Å². The molecule has 0 aromatic rings. The summed E-state index contributed by atoms with van der Waals surface area (Å²) in [6.45, 7) is 8.62. The first-order valence-corrected chi connectivity index (χ1v) is 5.90. The molecule has 2 fully saturated rings. The van der Waals surface area contributed by atoms with Crippen LogP contribution in [-0.2, 0) is 4.74 Å². The molecule has 1 heterocycles. The van der Waals surface area contributed by atoms with Gasteiger partial charge in [0.05, 0.1) is 11.2 Å². The molecule has 2 aliphatic rings. The molecule has 0 spiro atoms. The standard InChI is InChI=1S/C12H23NO/c1-11(2)8-13-9-12(3,14-11)7-10-5-4-6-10/h10,13H,4-9H2,1-3H3. The fourth-order valence-electron chi connectivity index (χ4n) is 2.79. The van der Waals surface area contributed by atoms with Gasteiger partial charge in [-0.05, 0) is 33.1 Å². The van der Waals surface area contributed by atoms with E-state index in [4.69, 9.17) is 4.74 Å². The van der Waals surface area contributed by atoms with Crippen molar-refractivity contribution < 1.29 is 4.74 Å². The predicted molar refractivity (Wildman–Crippen MR) is 58.4 cm³/mol. The van der Waals surface area contributed by atoms with Gasteiger partial charge in [0, 0.05) is 13.1 Å². The Balaban J connectivity index is 1.92. The van der Waals surface area contributed by atoms with Gasteiger partial charge in [0.15, 0.2) is 0 Å². The SMILES string of the molecule is CC1(C)CNCC(C)(CC2CCC2)O1. The van der Waals surface area contributed by atoms with Crippen molar-refractivity contribution in [2.45, 2.75) is 57.7 Å². The van der Waals surface area contributed by atoms with Crippen LogP contribution in [0.25, 0.3) is 0 Å². The lowest BCUT2D eigenvalue weighted by Gasteiger charge is -2.46. The molecule has 0 bridgehead atoms. The van der Waals surface area contributed by atoms with Gasteiger partial charge in [0.25, 0.3) is 0 Å². The minimum absolute atomic E-state index is 0.0107. The lowest BCUT2D eigenvalue weighted by molar-refractivity contribution is -0.163. The summed E-state index contributed by atoms with van der Waals surface area (Å²) in [5, 5.41) is 3.49. The van der Waals surface area contributed by atoms with Crippen molar-refractivity contribution in [1.29, 1.82) is 0 Å². The number of hydrogen-bond donors (Lipinski definition) is 1. The molecule has 2 heteroatoms. The lowest BCUT2D eigenvalue weighted by atomic mass is 9.77. The minimum Gasteiger partial charge on any atom is -0.367 e. The molecule has 1 aliphatic carbocycles. The van der Waals surface area contributed by atoms with Crippen LogP contribution in [0, 0.1) is 5.92 Å². The zero-order valence-corrected chi connectivity index (χ0v) is 9.73. The van der Waals surface area contributed by atoms with Crippen LogP contribution in [-0.4, -0.2) is 24.3 Å². The van der Waals surface area contributed by atoms with Crippen LogP contribution in [0.4, 0.5) is 0 Å². The van der Waals surface area contributed by atoms with E-state index < -0.39 is 0 Å². The van der Waals surface area contributed by atoms with Gasteiger partial charge in [0.2, 0.25) is 0 Å². The molecule has 2 rings (SSSR count). The molecule has 0 radical (unpaired) electrons. The highest BCUT2D eigenvalue weighted by molar-refractivity contribution is 4.92. The van der Waals surface area contributed by atoms with E-state index in [0.29, 0.717) is 0 Å². The average molecular weight is 197 g/mol. The third-order valence-electron chi connectivity index (χ3n) is 3.52. The molecule has 1 saturated heterocycles. The van der Waals surface area contributed by atoms with Gasteiger partial charge in [-0.25, -0.2) is 0 Å². The zero-order valence-electron chi connectivity index (χ0n) is 9.73. The highest BCUT2D eigenvalue weighted by Crippen LogP contribution is 2.37. The quantitative estimate of drug-likeness (QED) is 0.733. The number of hydrogen-bond acceptors (Lipinski definition) is 2. The molecule has 1 unspecified atom stereocenters. The maximum atomic E-state index is 6.21. The smallest absolute Gasteiger partial charge is 0.0788 e. The average Bonchev–Trinajstić information content (AvgIpc) is 1.95. The summed E-state index contributed by atoms with van der Waals surface area (Å²) in [5.74, 6) is 0.927. The summed E-state index contributed by atoms with van der Waals surface area (Å²) in [6, 6.07) is 0. The third-order valence-corrected chi connectivity index (χ3v) is 3.52. The molecule has 1 saturated carbocycles. The first-order valence-electron chi connectivity index (χ1n) is 5.90. The van der Waals surface area contributed by atoms with E-state index in [1.165, 1.54) is 25.7 Å². The number of ether oxygens (including phenoxy) is 1. The Labute approximate surface area is 87.4 Å². The second-order valence-corrected chi connectivity index (χ2v) is 5.92. The fourth-order valence-corrected chi connectivity index (χ4v) is 2.79. The van der Waals surface area contributed by atoms with Crippen molar-refractivity contribution in [1.82, 2.24) is 5.32 Å². The third kappa shape index (κ3) is 2.29. The Bertz CT molecular complexity index is 210. The highest BCUT2D eigenvalue weighted by atomic mass is 16.5. The van der Waals surface area contributed by atoms with Gasteiger partial charge in [0.1, 0.15) is 0 Å². The monoisotopic (exact) mass is 197 g/mol. The molecule has 0 aromatic heterocycles. The molecule has 14 heavy (non-hydrogen) atoms. The molecule has 1 N–H and O–H groups in total. The maximum Gasteiger partial charge on any atom is 0.0788 e. The van der Waals surface area contributed by atoms with Crippen LogP contribution in [0.1, 0.15) is 46.5 Å². The maximum absolute atomic E-state index is 6.21. The molecule has 2 nitrogen and oxygen atoms in total. The Kier molecular flexibility index (Phi) is 2.61. The van der Waals surface area contributed by atoms with Gasteiger partial charge in [-0.3, -0.25) is 0 Å². The molecule has 0 aromatic carbocycles. The predicted octanol–water partition coefficient (Wildman–Crippen LogP) is 2.33. The minimum atomic E-state index is 0.0107. The van der Waals surface area contributed by atoms with E-state index in [1.54, 1.807) is 0 Å². The van der Waals surface area contributed by atoms with Crippen molar-refractivity contribution in [3.05, 3.63) is 0 Å². The van der Waals surface area contributed by atoms with E-state index in [-0.39, 0.29) is 11.2 Å². The topological polar surface area (TPSA) is 21.3 Å². The second-order valence-electron chi connectivity index (χ2n) is 5.92. The molecule has 82 valence electrons. The van der Waals surface area contributed by atoms with Gasteiger partial charge in [-0.1, -0.05) is 19.3 Å². The largest absolute Gasteiger partial charge is 0.367 e. The van der Waals surface area contributed by atoms with Crippen molar-refractivity contribution >= 4 is 0 Å². The molecule has 1 aliphatic heterocycles. The lowest BCUT2D eigenvalue weighted by Crippen LogP contribution is -2.57. The number of nitrogens with one attached hydrogen (secondary N) is 1. The second kappa shape index (κ2) is 3.49. The molecular formula is C12H23NO. The van der Waals surface area contributed by atoms with Gasteiger partial charge < -0.3 is 10.1 Å². The summed E-state index contributed by atoms with van der Waals surface area (Å²) in [7, 11) is 0. The summed E-state index contributed by atoms with van der Waals surface area (Å²) in [5.41, 5.74) is 0.0869. The van der Waals surface area contributed by atoms with Crippen LogP contribution in [0.5, 0.6) is 0 Å². The van der Waals surface area contributed by atoms with Crippen LogP contribution in [0.3, 0.4) is 0 Å². The zero-order chi connectivity index (χ0) is 10.2. The molecule has 1 atom stereocenters. The van der Waals surface area contributed by atoms with Crippen molar-refractivity contribution in [2.24, 2.45) is 5.92 Å². The van der Waals surface area contributed by atoms with Crippen LogP contribution in [0.2, 0.25) is 0 Å². The van der Waals surface area contributed by atoms with Crippen LogP contribution in [0.15, 0.2) is 0 Å². The molecule has 0 amide bonds. The summed E-state index contributed by atoms with van der Waals surface area (Å²) >= 11 is 0. The Hall–Kier alpha value is -0.0800. The van der Waals surface area contributed by atoms with Crippen molar-refractivity contribution in [3.8, 4) is 0 Å². The summed E-state index contributed by atoms with van der Waals surface area (Å²) in [6.07, 6.45) is 5.50. The van der Waals surface area contributed by atoms with E-state index in [0.717, 1.165) is 19.0 Å². The summed E-state index contributed by atoms with van der Waals surface area (Å²) in [4.78, 5) is 0. The van der Waals surface area contributed by atoms with Gasteiger partial charge >= 0.3 is 0 Å². The van der Waals surface area contributed by atoms with Crippen LogP contribution < -0.4 is 5.32 Å². The first-order chi connectivity index (χ1) is 6.49. The highest BCUT2D eigenvalue weighted by Gasteiger charge is 2.39. The first kappa shape index (κ1) is 10.4. The van der Waals surface area contributed by atoms with Gasteiger partial charge in [-0.15, -0.1) is 0 Å². The van der Waals surface area contributed by atoms with Crippen molar-refractivity contribution in [3.63, 3.8) is 0 Å². The van der Waals surface area contributed by atoms with E-state index in [9.17, 15) is 0 Å². The van der Waals surface area contributed by atoms with Crippen LogP contribution >= 0.6 is 0 Å². The Morgan fingerprint density at radius 1 is 1.21 bits per heavy atom. The van der Waals surface area contributed by atoms with E-state index >= 15 is 0 Å².